The molecule has 15 heteroatoms. The predicted octanol–water partition coefficient (Wildman–Crippen LogP) is 2.75. The lowest BCUT2D eigenvalue weighted by Gasteiger charge is -2.16. The van der Waals surface area contributed by atoms with Gasteiger partial charge in [-0.25, -0.2) is 8.42 Å². The van der Waals surface area contributed by atoms with E-state index in [4.69, 9.17) is 4.89 Å². The van der Waals surface area contributed by atoms with Gasteiger partial charge in [0.1, 0.15) is 15.8 Å². The number of phenolic OH excluding ortho intramolecular Hbond substituents is 1. The quantitative estimate of drug-likeness (QED) is 0.197. The molecule has 13 nitrogen and oxygen atoms in total. The summed E-state index contributed by atoms with van der Waals surface area (Å²) in [5.41, 5.74) is -0.455. The van der Waals surface area contributed by atoms with Crippen LogP contribution in [0.2, 0.25) is 0 Å². The normalized spacial score (nSPS) is 13.1. The van der Waals surface area contributed by atoms with E-state index in [0.29, 0.717) is 5.69 Å². The van der Waals surface area contributed by atoms with Gasteiger partial charge in [0.2, 0.25) is 5.91 Å². The van der Waals surface area contributed by atoms with Gasteiger partial charge in [-0.1, -0.05) is 18.2 Å². The maximum Gasteiger partial charge on any atom is 0.221 e. The van der Waals surface area contributed by atoms with Crippen LogP contribution in [-0.4, -0.2) is 28.9 Å². The van der Waals surface area contributed by atoms with Gasteiger partial charge >= 0.3 is 0 Å². The molecular weight excluding hydrogens is 477 g/mol. The average molecular weight is 499 g/mol. The Balaban J connectivity index is 0.00000272. The van der Waals surface area contributed by atoms with Crippen LogP contribution >= 0.6 is 7.60 Å². The molecule has 3 aromatic rings. The molecule has 0 aromatic heterocycles. The summed E-state index contributed by atoms with van der Waals surface area (Å²) in [7, 11) is -9.90. The molecule has 0 aliphatic rings. The number of anilines is 1. The van der Waals surface area contributed by atoms with Gasteiger partial charge in [-0.2, -0.15) is 5.11 Å². The number of aromatic hydroxyl groups is 1. The second-order valence-corrected chi connectivity index (χ2v) is 9.29. The highest BCUT2D eigenvalue weighted by Gasteiger charge is 2.18. The molecule has 0 saturated carbocycles. The van der Waals surface area contributed by atoms with Crippen molar-refractivity contribution in [2.45, 2.75) is 11.8 Å². The topological polar surface area (TPSA) is 265 Å². The van der Waals surface area contributed by atoms with Gasteiger partial charge in [-0.05, 0) is 35.7 Å². The van der Waals surface area contributed by atoms with Crippen LogP contribution in [0, 0.1) is 0 Å². The maximum atomic E-state index is 11.7. The fourth-order valence-electron chi connectivity index (χ4n) is 2.75. The lowest BCUT2D eigenvalue weighted by molar-refractivity contribution is -0.188. The summed E-state index contributed by atoms with van der Waals surface area (Å²) in [6, 6.07) is 9.84. The third-order valence-electron chi connectivity index (χ3n) is 4.06. The van der Waals surface area contributed by atoms with E-state index in [1.807, 2.05) is 0 Å². The molecule has 0 spiro atoms. The van der Waals surface area contributed by atoms with Crippen molar-refractivity contribution >= 4 is 56.8 Å². The van der Waals surface area contributed by atoms with Gasteiger partial charge < -0.3 is 41.6 Å². The summed E-state index contributed by atoms with van der Waals surface area (Å²) in [4.78, 5) is 30.8. The van der Waals surface area contributed by atoms with Crippen LogP contribution in [0.25, 0.3) is 10.8 Å². The van der Waals surface area contributed by atoms with E-state index in [-0.39, 0.29) is 34.7 Å². The number of benzene rings is 3. The SMILES string of the molecule is CC(=O)Nc1ccc2cc(S(=O)(=O)[O-])c(N=Nc3cccc(P(=O)([O-])O)c3)c(O)c2c1.[NH4+].[NH4+]. The van der Waals surface area contributed by atoms with Crippen molar-refractivity contribution in [3.8, 4) is 5.75 Å². The summed E-state index contributed by atoms with van der Waals surface area (Å²) in [5.74, 6) is -1.06. The number of quaternary nitrogens is 2. The van der Waals surface area contributed by atoms with Crippen LogP contribution in [0.15, 0.2) is 63.7 Å². The Kier molecular flexibility index (Phi) is 8.55. The lowest BCUT2D eigenvalue weighted by Crippen LogP contribution is -2.13. The van der Waals surface area contributed by atoms with Crippen molar-refractivity contribution in [1.29, 1.82) is 0 Å². The zero-order chi connectivity index (χ0) is 23.0. The number of carbonyl (C=O) groups is 1. The molecule has 0 aliphatic carbocycles. The highest BCUT2D eigenvalue weighted by atomic mass is 32.2. The molecule has 178 valence electrons. The minimum atomic E-state index is -5.08. The van der Waals surface area contributed by atoms with Crippen LogP contribution < -0.4 is 27.8 Å². The lowest BCUT2D eigenvalue weighted by atomic mass is 10.1. The zero-order valence-corrected chi connectivity index (χ0v) is 19.4. The number of fused-ring (bicyclic) bond motifs is 1. The Hall–Kier alpha value is -3.23. The van der Waals surface area contributed by atoms with Crippen LogP contribution in [0.3, 0.4) is 0 Å². The van der Waals surface area contributed by atoms with Gasteiger partial charge in [0.25, 0.3) is 0 Å². The monoisotopic (exact) mass is 499 g/mol. The summed E-state index contributed by atoms with van der Waals surface area (Å²) in [5, 5.41) is 20.3. The van der Waals surface area contributed by atoms with Crippen molar-refractivity contribution in [3.05, 3.63) is 48.5 Å². The Bertz CT molecular complexity index is 1390. The standard InChI is InChI=1S/C18H16N3O8PS.2H3N/c1-10(22)19-12-6-5-11-7-16(31(27,28)29)17(18(23)15(11)9-12)21-20-13-3-2-4-14(8-13)30(24,25)26;;/h2-9,23H,1H3,(H,19,22)(H2,24,25,26)(H,27,28,29);2*1H3. The number of phenols is 1. The highest BCUT2D eigenvalue weighted by Crippen LogP contribution is 2.42. The molecule has 0 bridgehead atoms. The first-order valence-corrected chi connectivity index (χ1v) is 11.4. The number of carbonyl (C=O) groups excluding carboxylic acids is 1. The summed E-state index contributed by atoms with van der Waals surface area (Å²) in [6.45, 7) is 1.28. The molecule has 0 saturated heterocycles. The number of amides is 1. The highest BCUT2D eigenvalue weighted by molar-refractivity contribution is 7.86. The zero-order valence-electron chi connectivity index (χ0n) is 17.7. The molecule has 33 heavy (non-hydrogen) atoms. The Morgan fingerprint density at radius 1 is 1.09 bits per heavy atom. The molecule has 1 amide bonds. The fraction of sp³-hybridized carbons (Fsp3) is 0.0556. The van der Waals surface area contributed by atoms with Crippen molar-refractivity contribution in [2.24, 2.45) is 10.2 Å². The van der Waals surface area contributed by atoms with E-state index in [1.54, 1.807) is 0 Å². The number of nitrogens with one attached hydrogen (secondary N) is 1. The molecule has 11 N–H and O–H groups in total. The Morgan fingerprint density at radius 2 is 1.76 bits per heavy atom. The van der Waals surface area contributed by atoms with Crippen molar-refractivity contribution in [3.63, 3.8) is 0 Å². The first kappa shape index (κ1) is 27.8. The van der Waals surface area contributed by atoms with E-state index in [2.05, 4.69) is 15.5 Å². The first-order valence-electron chi connectivity index (χ1n) is 8.45. The molecular formula is C18H22N5O8PS. The minimum Gasteiger partial charge on any atom is -0.775 e. The molecule has 3 rings (SSSR count). The molecule has 1 unspecified atom stereocenters. The summed E-state index contributed by atoms with van der Waals surface area (Å²) in [6.07, 6.45) is 0. The second-order valence-electron chi connectivity index (χ2n) is 6.38. The van der Waals surface area contributed by atoms with E-state index in [0.717, 1.165) is 18.2 Å². The molecule has 0 heterocycles. The molecule has 3 aromatic carbocycles. The van der Waals surface area contributed by atoms with E-state index in [9.17, 15) is 32.3 Å². The molecule has 0 radical (unpaired) electrons. The second kappa shape index (κ2) is 10.1. The average Bonchev–Trinajstić information content (AvgIpc) is 2.66. The largest absolute Gasteiger partial charge is 0.775 e. The predicted molar refractivity (Wildman–Crippen MR) is 120 cm³/mol. The van der Waals surface area contributed by atoms with E-state index in [1.165, 1.54) is 37.3 Å². The molecule has 1 atom stereocenters. The number of hydrogen-bond acceptors (Lipinski definition) is 9. The van der Waals surface area contributed by atoms with Crippen LogP contribution in [0.5, 0.6) is 5.75 Å². The third-order valence-corrected chi connectivity index (χ3v) is 5.84. The van der Waals surface area contributed by atoms with Gasteiger partial charge in [-0.3, -0.25) is 4.79 Å². The van der Waals surface area contributed by atoms with Gasteiger partial charge in [0.15, 0.2) is 13.3 Å². The maximum absolute atomic E-state index is 11.7. The van der Waals surface area contributed by atoms with Gasteiger partial charge in [0.05, 0.1) is 10.6 Å². The summed E-state index contributed by atoms with van der Waals surface area (Å²) >= 11 is 0. The first-order chi connectivity index (χ1) is 14.4. The molecule has 0 fully saturated rings. The molecule has 0 aliphatic heterocycles. The Labute approximate surface area is 188 Å². The number of azo groups is 1. The smallest absolute Gasteiger partial charge is 0.221 e. The van der Waals surface area contributed by atoms with Crippen molar-refractivity contribution < 1.29 is 37.2 Å². The van der Waals surface area contributed by atoms with Crippen molar-refractivity contribution in [1.82, 2.24) is 12.3 Å². The summed E-state index contributed by atoms with van der Waals surface area (Å²) < 4.78 is 46.4. The van der Waals surface area contributed by atoms with E-state index < -0.39 is 39.4 Å². The van der Waals surface area contributed by atoms with Crippen LogP contribution in [0.4, 0.5) is 17.1 Å². The van der Waals surface area contributed by atoms with Crippen LogP contribution in [0.1, 0.15) is 6.92 Å². The number of rotatable bonds is 5. The number of nitrogens with zero attached hydrogens (tertiary/aromatic N) is 2. The van der Waals surface area contributed by atoms with Gasteiger partial charge in [-0.15, -0.1) is 5.11 Å². The van der Waals surface area contributed by atoms with Gasteiger partial charge in [0, 0.05) is 23.3 Å². The van der Waals surface area contributed by atoms with E-state index >= 15 is 0 Å². The number of hydrogen-bond donors (Lipinski definition) is 5. The minimum absolute atomic E-state index is 0. The Morgan fingerprint density at radius 3 is 2.33 bits per heavy atom. The third kappa shape index (κ3) is 6.40. The van der Waals surface area contributed by atoms with Crippen molar-refractivity contribution in [2.75, 3.05) is 5.32 Å². The fourth-order valence-corrected chi connectivity index (χ4v) is 3.96. The van der Waals surface area contributed by atoms with Crippen LogP contribution in [-0.2, 0) is 19.5 Å².